The summed E-state index contributed by atoms with van der Waals surface area (Å²) in [5.74, 6) is 0.378. The highest BCUT2D eigenvalue weighted by molar-refractivity contribution is 5.79. The molecular weight excluding hydrogens is 226 g/mol. The van der Waals surface area contributed by atoms with Gasteiger partial charge in [-0.15, -0.1) is 0 Å². The molecule has 0 aliphatic heterocycles. The number of ketones is 1. The molecule has 0 heterocycles. The number of aliphatic hydroxyl groups is 1. The van der Waals surface area contributed by atoms with Crippen molar-refractivity contribution < 1.29 is 9.90 Å². The van der Waals surface area contributed by atoms with Gasteiger partial charge in [0.15, 0.2) is 0 Å². The molecule has 0 amide bonds. The SMILES string of the molecule is CN(CC(O)c1ccccc1)C1CCC(=O)CC1. The molecule has 0 aromatic heterocycles. The Balaban J connectivity index is 1.87. The summed E-state index contributed by atoms with van der Waals surface area (Å²) in [4.78, 5) is 13.4. The summed E-state index contributed by atoms with van der Waals surface area (Å²) in [6.45, 7) is 0.628. The van der Waals surface area contributed by atoms with Gasteiger partial charge in [0.05, 0.1) is 6.10 Å². The summed E-state index contributed by atoms with van der Waals surface area (Å²) in [6.07, 6.45) is 2.79. The molecular formula is C15H21NO2. The van der Waals surface area contributed by atoms with Crippen LogP contribution in [0.25, 0.3) is 0 Å². The first-order chi connectivity index (χ1) is 8.66. The Morgan fingerprint density at radius 2 is 1.89 bits per heavy atom. The summed E-state index contributed by atoms with van der Waals surface area (Å²) in [5, 5.41) is 10.2. The summed E-state index contributed by atoms with van der Waals surface area (Å²) in [7, 11) is 2.03. The number of carbonyl (C=O) groups is 1. The van der Waals surface area contributed by atoms with Crippen molar-refractivity contribution >= 4 is 5.78 Å². The maximum absolute atomic E-state index is 11.2. The molecule has 1 atom stereocenters. The van der Waals surface area contributed by atoms with Crippen LogP contribution in [0.15, 0.2) is 30.3 Å². The quantitative estimate of drug-likeness (QED) is 0.886. The van der Waals surface area contributed by atoms with E-state index in [1.807, 2.05) is 37.4 Å². The van der Waals surface area contributed by atoms with Gasteiger partial charge in [0.25, 0.3) is 0 Å². The molecule has 18 heavy (non-hydrogen) atoms. The van der Waals surface area contributed by atoms with Crippen LogP contribution in [0.1, 0.15) is 37.4 Å². The topological polar surface area (TPSA) is 40.5 Å². The lowest BCUT2D eigenvalue weighted by atomic mass is 9.93. The fraction of sp³-hybridized carbons (Fsp3) is 0.533. The molecule has 98 valence electrons. The van der Waals surface area contributed by atoms with Crippen molar-refractivity contribution in [2.45, 2.75) is 37.8 Å². The number of hydrogen-bond acceptors (Lipinski definition) is 3. The predicted octanol–water partition coefficient (Wildman–Crippen LogP) is 2.16. The van der Waals surface area contributed by atoms with Crippen molar-refractivity contribution in [1.29, 1.82) is 0 Å². The summed E-state index contributed by atoms with van der Waals surface area (Å²) in [5.41, 5.74) is 0.955. The summed E-state index contributed by atoms with van der Waals surface area (Å²) < 4.78 is 0. The lowest BCUT2D eigenvalue weighted by Gasteiger charge is -2.32. The zero-order valence-electron chi connectivity index (χ0n) is 10.9. The lowest BCUT2D eigenvalue weighted by Crippen LogP contribution is -2.37. The number of carbonyl (C=O) groups excluding carboxylic acids is 1. The Morgan fingerprint density at radius 3 is 2.50 bits per heavy atom. The second-order valence-electron chi connectivity index (χ2n) is 5.14. The fourth-order valence-electron chi connectivity index (χ4n) is 2.57. The molecule has 1 N–H and O–H groups in total. The molecule has 0 bridgehead atoms. The molecule has 0 saturated heterocycles. The van der Waals surface area contributed by atoms with Gasteiger partial charge in [-0.05, 0) is 25.5 Å². The van der Waals surface area contributed by atoms with E-state index in [-0.39, 0.29) is 0 Å². The average Bonchev–Trinajstić information content (AvgIpc) is 2.40. The number of rotatable bonds is 4. The molecule has 1 aliphatic rings. The maximum Gasteiger partial charge on any atom is 0.133 e. The third-order valence-corrected chi connectivity index (χ3v) is 3.78. The van der Waals surface area contributed by atoms with Crippen LogP contribution in [0.2, 0.25) is 0 Å². The molecule has 1 aromatic rings. The largest absolute Gasteiger partial charge is 0.387 e. The Bertz CT molecular complexity index is 381. The molecule has 0 spiro atoms. The Kier molecular flexibility index (Phi) is 4.50. The number of Topliss-reactive ketones (excluding diaryl/α,β-unsaturated/α-hetero) is 1. The highest BCUT2D eigenvalue weighted by Gasteiger charge is 2.23. The first-order valence-corrected chi connectivity index (χ1v) is 6.62. The number of aliphatic hydroxyl groups excluding tert-OH is 1. The highest BCUT2D eigenvalue weighted by atomic mass is 16.3. The van der Waals surface area contributed by atoms with E-state index in [2.05, 4.69) is 4.90 Å². The van der Waals surface area contributed by atoms with Crippen molar-refractivity contribution in [2.24, 2.45) is 0 Å². The summed E-state index contributed by atoms with van der Waals surface area (Å²) in [6, 6.07) is 10.2. The van der Waals surface area contributed by atoms with Gasteiger partial charge in [-0.3, -0.25) is 4.79 Å². The Morgan fingerprint density at radius 1 is 1.28 bits per heavy atom. The second-order valence-corrected chi connectivity index (χ2v) is 5.14. The van der Waals surface area contributed by atoms with Gasteiger partial charge in [-0.2, -0.15) is 0 Å². The molecule has 1 saturated carbocycles. The van der Waals surface area contributed by atoms with Crippen LogP contribution < -0.4 is 0 Å². The molecule has 3 heteroatoms. The molecule has 1 fully saturated rings. The minimum atomic E-state index is -0.450. The Hall–Kier alpha value is -1.19. The van der Waals surface area contributed by atoms with E-state index < -0.39 is 6.10 Å². The van der Waals surface area contributed by atoms with Crippen molar-refractivity contribution in [3.05, 3.63) is 35.9 Å². The second kappa shape index (κ2) is 6.12. The minimum absolute atomic E-state index is 0.378. The monoisotopic (exact) mass is 247 g/mol. The molecule has 1 unspecified atom stereocenters. The van der Waals surface area contributed by atoms with Crippen LogP contribution in [0.5, 0.6) is 0 Å². The van der Waals surface area contributed by atoms with Crippen molar-refractivity contribution in [1.82, 2.24) is 4.90 Å². The lowest BCUT2D eigenvalue weighted by molar-refractivity contribution is -0.121. The number of benzene rings is 1. The molecule has 1 aliphatic carbocycles. The highest BCUT2D eigenvalue weighted by Crippen LogP contribution is 2.22. The third-order valence-electron chi connectivity index (χ3n) is 3.78. The normalized spacial score (nSPS) is 19.2. The van der Waals surface area contributed by atoms with E-state index in [0.29, 0.717) is 31.2 Å². The smallest absolute Gasteiger partial charge is 0.133 e. The van der Waals surface area contributed by atoms with Gasteiger partial charge in [-0.25, -0.2) is 0 Å². The van der Waals surface area contributed by atoms with E-state index in [1.54, 1.807) is 0 Å². The summed E-state index contributed by atoms with van der Waals surface area (Å²) >= 11 is 0. The van der Waals surface area contributed by atoms with Gasteiger partial charge in [-0.1, -0.05) is 30.3 Å². The van der Waals surface area contributed by atoms with Crippen LogP contribution in [0.3, 0.4) is 0 Å². The van der Waals surface area contributed by atoms with Crippen LogP contribution in [-0.4, -0.2) is 35.4 Å². The van der Waals surface area contributed by atoms with Crippen LogP contribution in [-0.2, 0) is 4.79 Å². The van der Waals surface area contributed by atoms with E-state index in [9.17, 15) is 9.90 Å². The maximum atomic E-state index is 11.2. The van der Waals surface area contributed by atoms with E-state index in [0.717, 1.165) is 18.4 Å². The number of hydrogen-bond donors (Lipinski definition) is 1. The van der Waals surface area contributed by atoms with Crippen molar-refractivity contribution in [2.75, 3.05) is 13.6 Å². The average molecular weight is 247 g/mol. The Labute approximate surface area is 108 Å². The predicted molar refractivity (Wildman–Crippen MR) is 71.3 cm³/mol. The zero-order chi connectivity index (χ0) is 13.0. The van der Waals surface area contributed by atoms with Gasteiger partial charge >= 0.3 is 0 Å². The van der Waals surface area contributed by atoms with Gasteiger partial charge in [0, 0.05) is 25.4 Å². The molecule has 2 rings (SSSR count). The van der Waals surface area contributed by atoms with E-state index in [1.165, 1.54) is 0 Å². The fourth-order valence-corrected chi connectivity index (χ4v) is 2.57. The van der Waals surface area contributed by atoms with Gasteiger partial charge < -0.3 is 10.0 Å². The van der Waals surface area contributed by atoms with Gasteiger partial charge in [0.2, 0.25) is 0 Å². The third kappa shape index (κ3) is 3.40. The molecule has 0 radical (unpaired) electrons. The first-order valence-electron chi connectivity index (χ1n) is 6.62. The molecule has 1 aromatic carbocycles. The zero-order valence-corrected chi connectivity index (χ0v) is 10.9. The number of likely N-dealkylation sites (N-methyl/N-ethyl adjacent to an activating group) is 1. The van der Waals surface area contributed by atoms with Gasteiger partial charge in [0.1, 0.15) is 5.78 Å². The van der Waals surface area contributed by atoms with E-state index in [4.69, 9.17) is 0 Å². The van der Waals surface area contributed by atoms with Crippen molar-refractivity contribution in [3.63, 3.8) is 0 Å². The number of nitrogens with zero attached hydrogens (tertiary/aromatic N) is 1. The minimum Gasteiger partial charge on any atom is -0.387 e. The molecule has 3 nitrogen and oxygen atoms in total. The van der Waals surface area contributed by atoms with Crippen LogP contribution in [0, 0.1) is 0 Å². The first kappa shape index (κ1) is 13.2. The van der Waals surface area contributed by atoms with Crippen LogP contribution in [0.4, 0.5) is 0 Å². The standard InChI is InChI=1S/C15H21NO2/c1-16(13-7-9-14(17)10-8-13)11-15(18)12-5-3-2-4-6-12/h2-6,13,15,18H,7-11H2,1H3. The van der Waals surface area contributed by atoms with E-state index >= 15 is 0 Å². The van der Waals surface area contributed by atoms with Crippen molar-refractivity contribution in [3.8, 4) is 0 Å². The van der Waals surface area contributed by atoms with Crippen LogP contribution >= 0.6 is 0 Å².